The second-order valence-electron chi connectivity index (χ2n) is 3.85. The van der Waals surface area contributed by atoms with Crippen molar-refractivity contribution in [3.05, 3.63) is 0 Å². The van der Waals surface area contributed by atoms with Gasteiger partial charge in [0.2, 0.25) is 0 Å². The first-order valence-electron chi connectivity index (χ1n) is 5.78. The summed E-state index contributed by atoms with van der Waals surface area (Å²) in [5.74, 6) is -0.911. The van der Waals surface area contributed by atoms with E-state index in [1.165, 1.54) is 0 Å². The van der Waals surface area contributed by atoms with Crippen molar-refractivity contribution >= 4 is 23.8 Å². The highest BCUT2D eigenvalue weighted by molar-refractivity contribution is 8.00. The van der Waals surface area contributed by atoms with Crippen LogP contribution in [0, 0.1) is 0 Å². The number of hydrogen-bond donors (Lipinski definition) is 3. The molecule has 100 valence electrons. The molecule has 17 heavy (non-hydrogen) atoms. The molecule has 0 aliphatic rings. The van der Waals surface area contributed by atoms with Crippen LogP contribution in [-0.4, -0.2) is 41.2 Å². The van der Waals surface area contributed by atoms with E-state index in [2.05, 4.69) is 24.5 Å². The number of urea groups is 1. The molecule has 0 rings (SSSR count). The average Bonchev–Trinajstić information content (AvgIpc) is 2.31. The summed E-state index contributed by atoms with van der Waals surface area (Å²) < 4.78 is 0.0735. The molecule has 0 aliphatic carbocycles. The second kappa shape index (κ2) is 8.22. The lowest BCUT2D eigenvalue weighted by molar-refractivity contribution is -0.136. The molecule has 0 saturated carbocycles. The zero-order valence-electron chi connectivity index (χ0n) is 10.7. The molecule has 5 nitrogen and oxygen atoms in total. The Morgan fingerprint density at radius 2 is 1.82 bits per heavy atom. The van der Waals surface area contributed by atoms with Crippen molar-refractivity contribution in [2.24, 2.45) is 0 Å². The second-order valence-corrected chi connectivity index (χ2v) is 5.12. The molecule has 0 heterocycles. The third-order valence-corrected chi connectivity index (χ3v) is 4.50. The number of amides is 2. The Bertz CT molecular complexity index is 247. The lowest BCUT2D eigenvalue weighted by atomic mass is 10.0. The van der Waals surface area contributed by atoms with Crippen LogP contribution >= 0.6 is 11.8 Å². The van der Waals surface area contributed by atoms with Gasteiger partial charge in [-0.3, -0.25) is 4.79 Å². The molecular weight excluding hydrogens is 240 g/mol. The Morgan fingerprint density at radius 3 is 2.24 bits per heavy atom. The average molecular weight is 262 g/mol. The van der Waals surface area contributed by atoms with E-state index >= 15 is 0 Å². The van der Waals surface area contributed by atoms with Crippen LogP contribution < -0.4 is 10.6 Å². The fourth-order valence-electron chi connectivity index (χ4n) is 1.45. The molecule has 0 aliphatic heterocycles. The standard InChI is InChI=1S/C11H22N2O3S/c1-4-11(5-2,17-3)8-13-10(16)12-7-6-9(14)15/h4-8H2,1-3H3,(H,14,15)(H2,12,13,16). The Balaban J connectivity index is 3.92. The number of carbonyl (C=O) groups excluding carboxylic acids is 1. The molecule has 2 amide bonds. The van der Waals surface area contributed by atoms with Crippen molar-refractivity contribution in [2.45, 2.75) is 37.9 Å². The summed E-state index contributed by atoms with van der Waals surface area (Å²) >= 11 is 1.75. The number of thioether (sulfide) groups is 1. The zero-order valence-corrected chi connectivity index (χ0v) is 11.5. The first kappa shape index (κ1) is 16.1. The van der Waals surface area contributed by atoms with E-state index in [0.29, 0.717) is 6.54 Å². The normalized spacial score (nSPS) is 11.0. The lowest BCUT2D eigenvalue weighted by Crippen LogP contribution is -2.44. The highest BCUT2D eigenvalue weighted by Gasteiger charge is 2.25. The first-order chi connectivity index (χ1) is 7.99. The van der Waals surface area contributed by atoms with Gasteiger partial charge in [-0.25, -0.2) is 4.79 Å². The van der Waals surface area contributed by atoms with Crippen molar-refractivity contribution in [3.8, 4) is 0 Å². The molecule has 0 aromatic rings. The molecule has 6 heteroatoms. The number of carboxylic acids is 1. The van der Waals surface area contributed by atoms with Crippen LogP contribution in [0.4, 0.5) is 4.79 Å². The van der Waals surface area contributed by atoms with Crippen LogP contribution in [0.2, 0.25) is 0 Å². The monoisotopic (exact) mass is 262 g/mol. The summed E-state index contributed by atoms with van der Waals surface area (Å²) in [7, 11) is 0. The van der Waals surface area contributed by atoms with Gasteiger partial charge in [-0.2, -0.15) is 11.8 Å². The predicted molar refractivity (Wildman–Crippen MR) is 70.5 cm³/mol. The molecule has 3 N–H and O–H groups in total. The SMILES string of the molecule is CCC(CC)(CNC(=O)NCCC(=O)O)SC. The number of rotatable bonds is 8. The van der Waals surface area contributed by atoms with Gasteiger partial charge >= 0.3 is 12.0 Å². The largest absolute Gasteiger partial charge is 0.481 e. The van der Waals surface area contributed by atoms with Crippen LogP contribution in [0.1, 0.15) is 33.1 Å². The molecule has 0 saturated heterocycles. The Kier molecular flexibility index (Phi) is 7.78. The van der Waals surface area contributed by atoms with Gasteiger partial charge in [0.15, 0.2) is 0 Å². The van der Waals surface area contributed by atoms with E-state index in [0.717, 1.165) is 12.8 Å². The van der Waals surface area contributed by atoms with E-state index in [-0.39, 0.29) is 23.7 Å². The van der Waals surface area contributed by atoms with Crippen molar-refractivity contribution in [3.63, 3.8) is 0 Å². The van der Waals surface area contributed by atoms with Gasteiger partial charge in [0.05, 0.1) is 6.42 Å². The maximum atomic E-state index is 11.4. The summed E-state index contributed by atoms with van der Waals surface area (Å²) in [5, 5.41) is 13.7. The first-order valence-corrected chi connectivity index (χ1v) is 7.00. The lowest BCUT2D eigenvalue weighted by Gasteiger charge is -2.29. The summed E-state index contributed by atoms with van der Waals surface area (Å²) in [6, 6.07) is -0.299. The number of carbonyl (C=O) groups is 2. The molecule has 0 fully saturated rings. The molecule has 0 aromatic carbocycles. The third-order valence-electron chi connectivity index (χ3n) is 2.92. The van der Waals surface area contributed by atoms with Crippen molar-refractivity contribution in [1.29, 1.82) is 0 Å². The highest BCUT2D eigenvalue weighted by atomic mass is 32.2. The van der Waals surface area contributed by atoms with E-state index < -0.39 is 5.97 Å². The fourth-order valence-corrected chi connectivity index (χ4v) is 2.24. The Labute approximate surface area is 107 Å². The van der Waals surface area contributed by atoms with Gasteiger partial charge in [-0.15, -0.1) is 0 Å². The summed E-state index contributed by atoms with van der Waals surface area (Å²) in [6.07, 6.45) is 3.96. The molecule has 0 radical (unpaired) electrons. The Hall–Kier alpha value is -0.910. The highest BCUT2D eigenvalue weighted by Crippen LogP contribution is 2.29. The van der Waals surface area contributed by atoms with Gasteiger partial charge < -0.3 is 15.7 Å². The van der Waals surface area contributed by atoms with Crippen molar-refractivity contribution in [1.82, 2.24) is 10.6 Å². The van der Waals surface area contributed by atoms with Crippen molar-refractivity contribution in [2.75, 3.05) is 19.3 Å². The smallest absolute Gasteiger partial charge is 0.314 e. The molecular formula is C11H22N2O3S. The van der Waals surface area contributed by atoms with Gasteiger partial charge in [-0.05, 0) is 19.1 Å². The summed E-state index contributed by atoms with van der Waals surface area (Å²) in [6.45, 7) is 4.96. The minimum atomic E-state index is -0.911. The third kappa shape index (κ3) is 6.41. The molecule has 0 bridgehead atoms. The number of nitrogens with one attached hydrogen (secondary N) is 2. The zero-order chi connectivity index (χ0) is 13.3. The van der Waals surface area contributed by atoms with Crippen LogP contribution in [0.25, 0.3) is 0 Å². The fraction of sp³-hybridized carbons (Fsp3) is 0.818. The van der Waals surface area contributed by atoms with Gasteiger partial charge in [0.1, 0.15) is 0 Å². The van der Waals surface area contributed by atoms with Crippen LogP contribution in [0.3, 0.4) is 0 Å². The van der Waals surface area contributed by atoms with Crippen LogP contribution in [0.5, 0.6) is 0 Å². The van der Waals surface area contributed by atoms with Gasteiger partial charge in [0.25, 0.3) is 0 Å². The van der Waals surface area contributed by atoms with Gasteiger partial charge in [-0.1, -0.05) is 13.8 Å². The van der Waals surface area contributed by atoms with E-state index in [1.54, 1.807) is 11.8 Å². The maximum absolute atomic E-state index is 11.4. The number of hydrogen-bond acceptors (Lipinski definition) is 3. The molecule has 0 unspecified atom stereocenters. The molecule has 0 aromatic heterocycles. The van der Waals surface area contributed by atoms with Crippen molar-refractivity contribution < 1.29 is 14.7 Å². The molecule has 0 atom stereocenters. The van der Waals surface area contributed by atoms with E-state index in [4.69, 9.17) is 5.11 Å². The van der Waals surface area contributed by atoms with Crippen LogP contribution in [0.15, 0.2) is 0 Å². The molecule has 0 spiro atoms. The van der Waals surface area contributed by atoms with E-state index in [1.807, 2.05) is 6.26 Å². The summed E-state index contributed by atoms with van der Waals surface area (Å²) in [4.78, 5) is 21.7. The summed E-state index contributed by atoms with van der Waals surface area (Å²) in [5.41, 5.74) is 0. The van der Waals surface area contributed by atoms with Crippen LogP contribution in [-0.2, 0) is 4.79 Å². The minimum Gasteiger partial charge on any atom is -0.481 e. The Morgan fingerprint density at radius 1 is 1.24 bits per heavy atom. The predicted octanol–water partition coefficient (Wildman–Crippen LogP) is 1.68. The number of aliphatic carboxylic acids is 1. The van der Waals surface area contributed by atoms with Gasteiger partial charge in [0, 0.05) is 17.8 Å². The van der Waals surface area contributed by atoms with E-state index in [9.17, 15) is 9.59 Å². The number of carboxylic acid groups (broad SMARTS) is 1. The quantitative estimate of drug-likeness (QED) is 0.622. The topological polar surface area (TPSA) is 78.4 Å². The maximum Gasteiger partial charge on any atom is 0.314 e. The minimum absolute atomic E-state index is 0.0529.